The Labute approximate surface area is 163 Å². The first kappa shape index (κ1) is 16.9. The van der Waals surface area contributed by atoms with Gasteiger partial charge in [-0.1, -0.05) is 30.3 Å². The van der Waals surface area contributed by atoms with Crippen molar-refractivity contribution in [3.63, 3.8) is 0 Å². The summed E-state index contributed by atoms with van der Waals surface area (Å²) in [5, 5.41) is 4.79. The summed E-state index contributed by atoms with van der Waals surface area (Å²) in [6, 6.07) is 16.7. The molecule has 0 N–H and O–H groups in total. The topological polar surface area (TPSA) is 59.2 Å². The number of hydrogen-bond donors (Lipinski definition) is 0. The number of rotatable bonds is 3. The van der Waals surface area contributed by atoms with Crippen molar-refractivity contribution >= 4 is 11.6 Å². The van der Waals surface area contributed by atoms with E-state index in [4.69, 9.17) is 15.1 Å². The Kier molecular flexibility index (Phi) is 4.24. The van der Waals surface area contributed by atoms with Crippen molar-refractivity contribution in [3.05, 3.63) is 60.9 Å². The van der Waals surface area contributed by atoms with E-state index in [1.807, 2.05) is 34.8 Å². The van der Waals surface area contributed by atoms with Crippen LogP contribution in [-0.4, -0.2) is 37.2 Å². The molecule has 28 heavy (non-hydrogen) atoms. The van der Waals surface area contributed by atoms with E-state index in [1.54, 1.807) is 12.4 Å². The van der Waals surface area contributed by atoms with Crippen LogP contribution in [0.4, 0.5) is 5.82 Å². The molecule has 1 fully saturated rings. The van der Waals surface area contributed by atoms with Crippen LogP contribution in [0.1, 0.15) is 26.2 Å². The predicted octanol–water partition coefficient (Wildman–Crippen LogP) is 4.23. The normalized spacial score (nSPS) is 17.2. The molecule has 0 aliphatic carbocycles. The summed E-state index contributed by atoms with van der Waals surface area (Å²) < 4.78 is 1.89. The molecule has 5 rings (SSSR count). The zero-order chi connectivity index (χ0) is 18.9. The summed E-state index contributed by atoms with van der Waals surface area (Å²) in [4.78, 5) is 16.2. The summed E-state index contributed by atoms with van der Waals surface area (Å²) in [5.41, 5.74) is 2.90. The van der Waals surface area contributed by atoms with Gasteiger partial charge in [-0.2, -0.15) is 9.50 Å². The smallest absolute Gasteiger partial charge is 0.255 e. The number of anilines is 1. The quantitative estimate of drug-likeness (QED) is 0.540. The van der Waals surface area contributed by atoms with E-state index in [9.17, 15) is 0 Å². The molecule has 0 radical (unpaired) electrons. The molecule has 4 heterocycles. The zero-order valence-electron chi connectivity index (χ0n) is 15.9. The van der Waals surface area contributed by atoms with Gasteiger partial charge in [-0.3, -0.25) is 4.98 Å². The molecule has 0 unspecified atom stereocenters. The summed E-state index contributed by atoms with van der Waals surface area (Å²) in [7, 11) is 0. The maximum Gasteiger partial charge on any atom is 0.255 e. The number of aromatic nitrogens is 5. The number of hydrogen-bond acceptors (Lipinski definition) is 5. The zero-order valence-corrected chi connectivity index (χ0v) is 15.9. The standard InChI is InChI=1S/C22H22N6/c1-16-8-5-6-13-27(16)20-14-19(17-9-3-2-4-10-17)24-22-25-21(26-28(20)22)18-11-7-12-23-15-18/h2-4,7,9-12,14-16H,5-6,8,13H2,1H3/t16-/m1/s1. The maximum atomic E-state index is 4.81. The van der Waals surface area contributed by atoms with Gasteiger partial charge in [0.2, 0.25) is 0 Å². The van der Waals surface area contributed by atoms with Gasteiger partial charge < -0.3 is 4.90 Å². The second-order valence-corrected chi connectivity index (χ2v) is 7.29. The first-order valence-corrected chi connectivity index (χ1v) is 9.80. The Morgan fingerprint density at radius 2 is 1.82 bits per heavy atom. The van der Waals surface area contributed by atoms with Crippen LogP contribution < -0.4 is 4.90 Å². The molecule has 0 saturated carbocycles. The fraction of sp³-hybridized carbons (Fsp3) is 0.273. The minimum Gasteiger partial charge on any atom is -0.354 e. The van der Waals surface area contributed by atoms with Crippen molar-refractivity contribution in [3.8, 4) is 22.6 Å². The molecule has 6 heteroatoms. The summed E-state index contributed by atoms with van der Waals surface area (Å²) in [6.07, 6.45) is 7.20. The van der Waals surface area contributed by atoms with Crippen molar-refractivity contribution in [2.24, 2.45) is 0 Å². The number of benzene rings is 1. The van der Waals surface area contributed by atoms with Crippen molar-refractivity contribution < 1.29 is 0 Å². The Morgan fingerprint density at radius 3 is 2.61 bits per heavy atom. The molecule has 140 valence electrons. The molecular weight excluding hydrogens is 348 g/mol. The summed E-state index contributed by atoms with van der Waals surface area (Å²) in [5.74, 6) is 2.32. The fourth-order valence-electron chi connectivity index (χ4n) is 3.87. The van der Waals surface area contributed by atoms with E-state index >= 15 is 0 Å². The van der Waals surface area contributed by atoms with Crippen molar-refractivity contribution in [1.29, 1.82) is 0 Å². The van der Waals surface area contributed by atoms with Crippen molar-refractivity contribution in [1.82, 2.24) is 24.6 Å². The molecular formula is C22H22N6. The fourth-order valence-corrected chi connectivity index (χ4v) is 3.87. The van der Waals surface area contributed by atoms with Gasteiger partial charge in [0.25, 0.3) is 5.78 Å². The summed E-state index contributed by atoms with van der Waals surface area (Å²) in [6.45, 7) is 3.31. The average Bonchev–Trinajstić information content (AvgIpc) is 3.19. The molecule has 4 aromatic rings. The number of fused-ring (bicyclic) bond motifs is 1. The summed E-state index contributed by atoms with van der Waals surface area (Å²) >= 11 is 0. The van der Waals surface area contributed by atoms with Gasteiger partial charge in [0.05, 0.1) is 5.69 Å². The molecule has 1 aromatic carbocycles. The van der Waals surface area contributed by atoms with Gasteiger partial charge in [0.15, 0.2) is 5.82 Å². The Bertz CT molecular complexity index is 1090. The van der Waals surface area contributed by atoms with Gasteiger partial charge in [-0.15, -0.1) is 5.10 Å². The van der Waals surface area contributed by atoms with Gasteiger partial charge in [0.1, 0.15) is 5.82 Å². The van der Waals surface area contributed by atoms with Gasteiger partial charge in [-0.25, -0.2) is 4.98 Å². The van der Waals surface area contributed by atoms with E-state index in [1.165, 1.54) is 19.3 Å². The number of pyridine rings is 1. The lowest BCUT2D eigenvalue weighted by atomic mass is 10.0. The van der Waals surface area contributed by atoms with Crippen LogP contribution in [0.5, 0.6) is 0 Å². The molecule has 1 aliphatic heterocycles. The SMILES string of the molecule is C[C@@H]1CCCCN1c1cc(-c2ccccc2)nc2nc(-c3cccnc3)nn12. The molecule has 1 aliphatic rings. The monoisotopic (exact) mass is 370 g/mol. The van der Waals surface area contributed by atoms with E-state index in [0.29, 0.717) is 17.6 Å². The van der Waals surface area contributed by atoms with E-state index in [2.05, 4.69) is 35.0 Å². The lowest BCUT2D eigenvalue weighted by Gasteiger charge is -2.35. The number of piperidine rings is 1. The van der Waals surface area contributed by atoms with E-state index < -0.39 is 0 Å². The second-order valence-electron chi connectivity index (χ2n) is 7.29. The highest BCUT2D eigenvalue weighted by molar-refractivity contribution is 5.67. The molecule has 1 saturated heterocycles. The highest BCUT2D eigenvalue weighted by Crippen LogP contribution is 2.29. The van der Waals surface area contributed by atoms with Crippen LogP contribution in [-0.2, 0) is 0 Å². The first-order chi connectivity index (χ1) is 13.8. The highest BCUT2D eigenvalue weighted by atomic mass is 15.4. The third-order valence-electron chi connectivity index (χ3n) is 5.38. The van der Waals surface area contributed by atoms with Crippen LogP contribution >= 0.6 is 0 Å². The van der Waals surface area contributed by atoms with Crippen LogP contribution in [0, 0.1) is 0 Å². The maximum absolute atomic E-state index is 4.81. The molecule has 0 bridgehead atoms. The first-order valence-electron chi connectivity index (χ1n) is 9.80. The van der Waals surface area contributed by atoms with E-state index in [-0.39, 0.29) is 0 Å². The lowest BCUT2D eigenvalue weighted by Crippen LogP contribution is -2.38. The van der Waals surface area contributed by atoms with Gasteiger partial charge in [-0.05, 0) is 38.3 Å². The molecule has 1 atom stereocenters. The minimum absolute atomic E-state index is 0.467. The van der Waals surface area contributed by atoms with Crippen molar-refractivity contribution in [2.45, 2.75) is 32.2 Å². The molecule has 0 amide bonds. The van der Waals surface area contributed by atoms with Crippen LogP contribution in [0.3, 0.4) is 0 Å². The lowest BCUT2D eigenvalue weighted by molar-refractivity contribution is 0.478. The second kappa shape index (κ2) is 7.03. The van der Waals surface area contributed by atoms with Crippen LogP contribution in [0.15, 0.2) is 60.9 Å². The third kappa shape index (κ3) is 3.01. The highest BCUT2D eigenvalue weighted by Gasteiger charge is 2.23. The number of nitrogens with zero attached hydrogens (tertiary/aromatic N) is 6. The predicted molar refractivity (Wildman–Crippen MR) is 110 cm³/mol. The Balaban J connectivity index is 1.71. The van der Waals surface area contributed by atoms with Crippen LogP contribution in [0.2, 0.25) is 0 Å². The van der Waals surface area contributed by atoms with Gasteiger partial charge in [0, 0.05) is 42.2 Å². The minimum atomic E-state index is 0.467. The van der Waals surface area contributed by atoms with Gasteiger partial charge >= 0.3 is 0 Å². The largest absolute Gasteiger partial charge is 0.354 e. The molecule has 6 nitrogen and oxygen atoms in total. The average molecular weight is 370 g/mol. The Morgan fingerprint density at radius 1 is 0.964 bits per heavy atom. The van der Waals surface area contributed by atoms with Crippen LogP contribution in [0.25, 0.3) is 28.4 Å². The van der Waals surface area contributed by atoms with Crippen molar-refractivity contribution in [2.75, 3.05) is 11.4 Å². The molecule has 0 spiro atoms. The van der Waals surface area contributed by atoms with E-state index in [0.717, 1.165) is 29.2 Å². The third-order valence-corrected chi connectivity index (χ3v) is 5.38. The molecule has 3 aromatic heterocycles. The Hall–Kier alpha value is -3.28.